The third kappa shape index (κ3) is 5.88. The summed E-state index contributed by atoms with van der Waals surface area (Å²) in [5, 5.41) is 9.90. The first-order valence-corrected chi connectivity index (χ1v) is 14.1. The fourth-order valence-electron chi connectivity index (χ4n) is 3.25. The first kappa shape index (κ1) is 24.2. The smallest absolute Gasteiger partial charge is 0.193 e. The van der Waals surface area contributed by atoms with Gasteiger partial charge in [-0.15, -0.1) is 0 Å². The molecule has 0 amide bonds. The maximum atomic E-state index is 12.6. The molecular weight excluding hydrogens is 420 g/mol. The Morgan fingerprint density at radius 3 is 2.44 bits per heavy atom. The molecule has 6 heteroatoms. The topological polar surface area (TPSA) is 68.9 Å². The van der Waals surface area contributed by atoms with E-state index in [2.05, 4.69) is 33.9 Å². The molecule has 1 heterocycles. The van der Waals surface area contributed by atoms with Crippen LogP contribution in [0.15, 0.2) is 63.8 Å². The largest absolute Gasteiger partial charge is 0.491 e. The van der Waals surface area contributed by atoms with Crippen LogP contribution in [0, 0.1) is 0 Å². The molecule has 0 bridgehead atoms. The third-order valence-corrected chi connectivity index (χ3v) is 10.7. The number of aliphatic hydroxyl groups excluding tert-OH is 1. The second kappa shape index (κ2) is 10.0. The summed E-state index contributed by atoms with van der Waals surface area (Å²) in [6, 6.07) is 16.4. The number of hydrogen-bond donors (Lipinski definition) is 1. The van der Waals surface area contributed by atoms with Gasteiger partial charge in [0, 0.05) is 24.3 Å². The number of ether oxygens (including phenoxy) is 1. The van der Waals surface area contributed by atoms with Gasteiger partial charge in [0.15, 0.2) is 13.7 Å². The molecule has 0 aliphatic carbocycles. The van der Waals surface area contributed by atoms with Crippen molar-refractivity contribution in [1.29, 1.82) is 0 Å². The van der Waals surface area contributed by atoms with Crippen molar-refractivity contribution in [3.05, 3.63) is 64.8 Å². The minimum Gasteiger partial charge on any atom is -0.491 e. The Morgan fingerprint density at radius 2 is 1.78 bits per heavy atom. The second-order valence-corrected chi connectivity index (χ2v) is 14.4. The molecule has 1 aromatic heterocycles. The van der Waals surface area contributed by atoms with E-state index in [4.69, 9.17) is 13.6 Å². The van der Waals surface area contributed by atoms with Crippen molar-refractivity contribution >= 4 is 19.3 Å². The van der Waals surface area contributed by atoms with Crippen LogP contribution < -0.4 is 10.2 Å². The van der Waals surface area contributed by atoms with Crippen LogP contribution >= 0.6 is 0 Å². The van der Waals surface area contributed by atoms with Gasteiger partial charge in [0.25, 0.3) is 0 Å². The Morgan fingerprint density at radius 1 is 1.06 bits per heavy atom. The highest BCUT2D eigenvalue weighted by Gasteiger charge is 2.39. The van der Waals surface area contributed by atoms with E-state index in [1.165, 1.54) is 6.07 Å². The van der Waals surface area contributed by atoms with Gasteiger partial charge in [-0.1, -0.05) is 51.1 Å². The van der Waals surface area contributed by atoms with Crippen molar-refractivity contribution in [2.45, 2.75) is 57.8 Å². The number of rotatable bonds is 9. The van der Waals surface area contributed by atoms with E-state index in [0.29, 0.717) is 35.5 Å². The van der Waals surface area contributed by atoms with Crippen molar-refractivity contribution < 1.29 is 18.7 Å². The Balaban J connectivity index is 1.81. The van der Waals surface area contributed by atoms with Gasteiger partial charge in [-0.3, -0.25) is 4.79 Å². The standard InChI is InChI=1S/C26H34O5Si/c1-26(2,3)32(4,5)31-21(12-9-15-27)18-29-20-13-14-22-23(28)17-24(30-25(22)16-20)19-10-7-6-8-11-19/h6-8,10-11,13-14,16-17,21,27H,9,12,15,18H2,1-5H3. The fraction of sp³-hybridized carbons (Fsp3) is 0.423. The monoisotopic (exact) mass is 454 g/mol. The van der Waals surface area contributed by atoms with Crippen molar-refractivity contribution in [2.75, 3.05) is 13.2 Å². The van der Waals surface area contributed by atoms with Crippen LogP contribution in [-0.2, 0) is 4.43 Å². The molecule has 3 aromatic rings. The van der Waals surface area contributed by atoms with Gasteiger partial charge in [-0.2, -0.15) is 0 Å². The van der Waals surface area contributed by atoms with Crippen LogP contribution in [0.25, 0.3) is 22.3 Å². The minimum absolute atomic E-state index is 0.0845. The lowest BCUT2D eigenvalue weighted by Gasteiger charge is -2.39. The van der Waals surface area contributed by atoms with Gasteiger partial charge in [0.1, 0.15) is 23.7 Å². The van der Waals surface area contributed by atoms with E-state index in [1.54, 1.807) is 18.2 Å². The number of fused-ring (bicyclic) bond motifs is 1. The summed E-state index contributed by atoms with van der Waals surface area (Å²) in [5.41, 5.74) is 1.26. The van der Waals surface area contributed by atoms with Gasteiger partial charge < -0.3 is 18.7 Å². The van der Waals surface area contributed by atoms with E-state index in [0.717, 1.165) is 12.0 Å². The number of benzene rings is 2. The maximum Gasteiger partial charge on any atom is 0.193 e. The first-order valence-electron chi connectivity index (χ1n) is 11.2. The zero-order chi connectivity index (χ0) is 23.4. The molecule has 1 atom stereocenters. The molecule has 0 radical (unpaired) electrons. The third-order valence-electron chi connectivity index (χ3n) is 6.15. The van der Waals surface area contributed by atoms with Gasteiger partial charge in [-0.25, -0.2) is 0 Å². The SMILES string of the molecule is CC(C)(C)[Si](C)(C)OC(CCCO)COc1ccc2c(=O)cc(-c3ccccc3)oc2c1. The Bertz CT molecular complexity index is 1080. The van der Waals surface area contributed by atoms with Crippen LogP contribution in [0.1, 0.15) is 33.6 Å². The van der Waals surface area contributed by atoms with Gasteiger partial charge in [-0.05, 0) is 43.1 Å². The van der Waals surface area contributed by atoms with Crippen LogP contribution in [0.2, 0.25) is 18.1 Å². The molecular formula is C26H34O5Si. The molecule has 32 heavy (non-hydrogen) atoms. The summed E-state index contributed by atoms with van der Waals surface area (Å²) in [5.74, 6) is 1.15. The maximum absolute atomic E-state index is 12.6. The normalized spacial score (nSPS) is 13.3. The molecule has 2 aromatic carbocycles. The molecule has 0 fully saturated rings. The fourth-order valence-corrected chi connectivity index (χ4v) is 4.62. The summed E-state index contributed by atoms with van der Waals surface area (Å²) in [4.78, 5) is 12.6. The van der Waals surface area contributed by atoms with Crippen LogP contribution in [0.5, 0.6) is 5.75 Å². The Kier molecular flexibility index (Phi) is 7.59. The van der Waals surface area contributed by atoms with E-state index in [9.17, 15) is 9.90 Å². The molecule has 5 nitrogen and oxygen atoms in total. The summed E-state index contributed by atoms with van der Waals surface area (Å²) in [6.45, 7) is 11.6. The first-order chi connectivity index (χ1) is 15.1. The average Bonchev–Trinajstić information content (AvgIpc) is 2.75. The molecule has 0 aliphatic rings. The van der Waals surface area contributed by atoms with E-state index in [1.807, 2.05) is 30.3 Å². The van der Waals surface area contributed by atoms with Gasteiger partial charge in [0.2, 0.25) is 0 Å². The Labute approximate surface area is 191 Å². The van der Waals surface area contributed by atoms with Crippen molar-refractivity contribution in [3.8, 4) is 17.1 Å². The van der Waals surface area contributed by atoms with E-state index < -0.39 is 8.32 Å². The summed E-state index contributed by atoms with van der Waals surface area (Å²) < 4.78 is 18.6. The van der Waals surface area contributed by atoms with Crippen molar-refractivity contribution in [3.63, 3.8) is 0 Å². The Hall–Kier alpha value is -2.41. The number of hydrogen-bond acceptors (Lipinski definition) is 5. The molecule has 0 saturated heterocycles. The summed E-state index contributed by atoms with van der Waals surface area (Å²) in [7, 11) is -1.97. The minimum atomic E-state index is -1.97. The highest BCUT2D eigenvalue weighted by molar-refractivity contribution is 6.74. The molecule has 0 aliphatic heterocycles. The van der Waals surface area contributed by atoms with Crippen LogP contribution in [0.4, 0.5) is 0 Å². The van der Waals surface area contributed by atoms with Crippen molar-refractivity contribution in [1.82, 2.24) is 0 Å². The molecule has 1 N–H and O–H groups in total. The molecule has 172 valence electrons. The highest BCUT2D eigenvalue weighted by atomic mass is 28.4. The number of aliphatic hydroxyl groups is 1. The molecule has 3 rings (SSSR count). The predicted molar refractivity (Wildman–Crippen MR) is 132 cm³/mol. The quantitative estimate of drug-likeness (QED) is 0.402. The molecule has 0 saturated carbocycles. The summed E-state index contributed by atoms with van der Waals surface area (Å²) in [6.07, 6.45) is 1.28. The van der Waals surface area contributed by atoms with Gasteiger partial charge in [0.05, 0.1) is 11.5 Å². The second-order valence-electron chi connectivity index (χ2n) is 9.68. The van der Waals surface area contributed by atoms with Crippen LogP contribution in [-0.4, -0.2) is 32.7 Å². The van der Waals surface area contributed by atoms with E-state index >= 15 is 0 Å². The lowest BCUT2D eigenvalue weighted by molar-refractivity contribution is 0.100. The molecule has 0 spiro atoms. The predicted octanol–water partition coefficient (Wildman–Crippen LogP) is 6.00. The average molecular weight is 455 g/mol. The van der Waals surface area contributed by atoms with E-state index in [-0.39, 0.29) is 23.2 Å². The zero-order valence-corrected chi connectivity index (χ0v) is 20.7. The lowest BCUT2D eigenvalue weighted by Crippen LogP contribution is -2.45. The van der Waals surface area contributed by atoms with Crippen molar-refractivity contribution in [2.24, 2.45) is 0 Å². The molecule has 1 unspecified atom stereocenters. The van der Waals surface area contributed by atoms with Gasteiger partial charge >= 0.3 is 0 Å². The summed E-state index contributed by atoms with van der Waals surface area (Å²) >= 11 is 0. The zero-order valence-electron chi connectivity index (χ0n) is 19.7. The highest BCUT2D eigenvalue weighted by Crippen LogP contribution is 2.38. The van der Waals surface area contributed by atoms with Crippen LogP contribution in [0.3, 0.4) is 0 Å². The lowest BCUT2D eigenvalue weighted by atomic mass is 10.1.